The molecule has 0 saturated heterocycles. The van der Waals surface area contributed by atoms with Crippen molar-refractivity contribution in [3.05, 3.63) is 95.1 Å². The summed E-state index contributed by atoms with van der Waals surface area (Å²) < 4.78 is 12.2. The molecule has 0 heterocycles. The van der Waals surface area contributed by atoms with Gasteiger partial charge >= 0.3 is 0 Å². The number of rotatable bonds is 8. The first-order valence-electron chi connectivity index (χ1n) is 9.30. The molecule has 0 bridgehead atoms. The van der Waals surface area contributed by atoms with Crippen LogP contribution in [0.3, 0.4) is 0 Å². The summed E-state index contributed by atoms with van der Waals surface area (Å²) in [4.78, 5) is 0. The summed E-state index contributed by atoms with van der Waals surface area (Å²) in [5.41, 5.74) is 4.79. The maximum Gasteiger partial charge on any atom is 0.122 e. The number of aryl methyl sites for hydroxylation is 2. The van der Waals surface area contributed by atoms with Gasteiger partial charge in [0, 0.05) is 0 Å². The van der Waals surface area contributed by atoms with Gasteiger partial charge in [0.15, 0.2) is 0 Å². The molecule has 3 aromatic carbocycles. The molecule has 3 aromatic rings. The van der Waals surface area contributed by atoms with Crippen LogP contribution in [-0.4, -0.2) is 0 Å². The van der Waals surface area contributed by atoms with Crippen molar-refractivity contribution in [3.63, 3.8) is 0 Å². The fourth-order valence-corrected chi connectivity index (χ4v) is 3.02. The molecule has 0 radical (unpaired) electrons. The molecule has 0 spiro atoms. The molecule has 0 aromatic heterocycles. The first-order valence-corrected chi connectivity index (χ1v) is 9.30. The third-order valence-corrected chi connectivity index (χ3v) is 4.59. The second-order valence-corrected chi connectivity index (χ2v) is 6.27. The highest BCUT2D eigenvalue weighted by Gasteiger charge is 2.07. The summed E-state index contributed by atoms with van der Waals surface area (Å²) in [7, 11) is 0. The minimum atomic E-state index is 0.548. The number of hydrogen-bond acceptors (Lipinski definition) is 2. The zero-order valence-electron chi connectivity index (χ0n) is 15.6. The van der Waals surface area contributed by atoms with Crippen LogP contribution in [0.2, 0.25) is 0 Å². The van der Waals surface area contributed by atoms with Crippen LogP contribution in [-0.2, 0) is 26.1 Å². The predicted octanol–water partition coefficient (Wildman–Crippen LogP) is 5.97. The third kappa shape index (κ3) is 4.45. The quantitative estimate of drug-likeness (QED) is 0.500. The average molecular weight is 346 g/mol. The highest BCUT2D eigenvalue weighted by Crippen LogP contribution is 2.23. The fraction of sp³-hybridized carbons (Fsp3) is 0.250. The monoisotopic (exact) mass is 346 g/mol. The molecular formula is C24H26O2. The van der Waals surface area contributed by atoms with Crippen molar-refractivity contribution in [2.45, 2.75) is 39.9 Å². The highest BCUT2D eigenvalue weighted by atomic mass is 16.5. The summed E-state index contributed by atoms with van der Waals surface area (Å²) in [6.07, 6.45) is 1.93. The van der Waals surface area contributed by atoms with E-state index in [0.29, 0.717) is 13.2 Å². The van der Waals surface area contributed by atoms with Crippen molar-refractivity contribution >= 4 is 0 Å². The Hall–Kier alpha value is -2.74. The van der Waals surface area contributed by atoms with E-state index in [1.165, 1.54) is 11.1 Å². The lowest BCUT2D eigenvalue weighted by atomic mass is 10.1. The van der Waals surface area contributed by atoms with Gasteiger partial charge in [-0.05, 0) is 47.2 Å². The summed E-state index contributed by atoms with van der Waals surface area (Å²) in [6.45, 7) is 5.39. The third-order valence-electron chi connectivity index (χ3n) is 4.59. The summed E-state index contributed by atoms with van der Waals surface area (Å²) in [5.74, 6) is 1.92. The van der Waals surface area contributed by atoms with Crippen LogP contribution >= 0.6 is 0 Å². The van der Waals surface area contributed by atoms with E-state index in [4.69, 9.17) is 9.47 Å². The van der Waals surface area contributed by atoms with E-state index in [0.717, 1.165) is 35.5 Å². The first kappa shape index (κ1) is 18.1. The normalized spacial score (nSPS) is 10.5. The molecule has 134 valence electrons. The molecule has 2 nitrogen and oxygen atoms in total. The first-order chi connectivity index (χ1) is 12.8. The predicted molar refractivity (Wildman–Crippen MR) is 107 cm³/mol. The van der Waals surface area contributed by atoms with Crippen LogP contribution in [0.5, 0.6) is 11.5 Å². The van der Waals surface area contributed by atoms with Gasteiger partial charge in [-0.2, -0.15) is 0 Å². The number of para-hydroxylation sites is 2. The molecular weight excluding hydrogens is 320 g/mol. The minimum absolute atomic E-state index is 0.548. The SMILES string of the molecule is CCc1ccccc1OCc1ccccc1COc1ccccc1CC. The van der Waals surface area contributed by atoms with Crippen molar-refractivity contribution in [2.24, 2.45) is 0 Å². The zero-order valence-corrected chi connectivity index (χ0v) is 15.6. The molecule has 3 rings (SSSR count). The van der Waals surface area contributed by atoms with E-state index in [2.05, 4.69) is 50.2 Å². The van der Waals surface area contributed by atoms with Crippen molar-refractivity contribution in [1.29, 1.82) is 0 Å². The summed E-state index contributed by atoms with van der Waals surface area (Å²) in [6, 6.07) is 24.8. The highest BCUT2D eigenvalue weighted by molar-refractivity contribution is 5.35. The zero-order chi connectivity index (χ0) is 18.2. The molecule has 0 unspecified atom stereocenters. The number of hydrogen-bond donors (Lipinski definition) is 0. The lowest BCUT2D eigenvalue weighted by Crippen LogP contribution is -2.05. The Labute approximate surface area is 156 Å². The molecule has 0 amide bonds. The van der Waals surface area contributed by atoms with Gasteiger partial charge < -0.3 is 9.47 Å². The molecule has 0 fully saturated rings. The number of benzene rings is 3. The second kappa shape index (κ2) is 9.10. The van der Waals surface area contributed by atoms with Gasteiger partial charge in [-0.1, -0.05) is 74.5 Å². The number of ether oxygens (including phenoxy) is 2. The molecule has 0 saturated carbocycles. The molecule has 0 atom stereocenters. The Morgan fingerprint density at radius 2 is 0.846 bits per heavy atom. The maximum absolute atomic E-state index is 6.10. The minimum Gasteiger partial charge on any atom is -0.489 e. The van der Waals surface area contributed by atoms with Gasteiger partial charge in [0.25, 0.3) is 0 Å². The van der Waals surface area contributed by atoms with Crippen LogP contribution in [0.4, 0.5) is 0 Å². The van der Waals surface area contributed by atoms with Crippen LogP contribution in [0, 0.1) is 0 Å². The van der Waals surface area contributed by atoms with E-state index >= 15 is 0 Å². The van der Waals surface area contributed by atoms with Crippen LogP contribution in [0.15, 0.2) is 72.8 Å². The Morgan fingerprint density at radius 1 is 0.500 bits per heavy atom. The standard InChI is InChI=1S/C24H26O2/c1-3-19-11-7-9-15-23(19)25-17-21-13-5-6-14-22(21)18-26-24-16-10-8-12-20(24)4-2/h5-16H,3-4,17-18H2,1-2H3. The second-order valence-electron chi connectivity index (χ2n) is 6.27. The van der Waals surface area contributed by atoms with Crippen molar-refractivity contribution < 1.29 is 9.47 Å². The maximum atomic E-state index is 6.10. The van der Waals surface area contributed by atoms with E-state index in [-0.39, 0.29) is 0 Å². The van der Waals surface area contributed by atoms with Crippen molar-refractivity contribution in [2.75, 3.05) is 0 Å². The Kier molecular flexibility index (Phi) is 6.32. The van der Waals surface area contributed by atoms with Crippen LogP contribution < -0.4 is 9.47 Å². The van der Waals surface area contributed by atoms with Gasteiger partial charge in [-0.15, -0.1) is 0 Å². The molecule has 0 aliphatic carbocycles. The molecule has 0 N–H and O–H groups in total. The lowest BCUT2D eigenvalue weighted by Gasteiger charge is -2.15. The van der Waals surface area contributed by atoms with Crippen LogP contribution in [0.1, 0.15) is 36.1 Å². The molecule has 0 aliphatic heterocycles. The molecule has 0 aliphatic rings. The van der Waals surface area contributed by atoms with Crippen molar-refractivity contribution in [3.8, 4) is 11.5 Å². The van der Waals surface area contributed by atoms with Gasteiger partial charge in [-0.3, -0.25) is 0 Å². The van der Waals surface area contributed by atoms with Gasteiger partial charge in [0.2, 0.25) is 0 Å². The van der Waals surface area contributed by atoms with Gasteiger partial charge in [0.05, 0.1) is 0 Å². The van der Waals surface area contributed by atoms with E-state index in [1.54, 1.807) is 0 Å². The topological polar surface area (TPSA) is 18.5 Å². The molecule has 2 heteroatoms. The molecule has 26 heavy (non-hydrogen) atoms. The van der Waals surface area contributed by atoms with Crippen LogP contribution in [0.25, 0.3) is 0 Å². The Bertz CT molecular complexity index is 768. The summed E-state index contributed by atoms with van der Waals surface area (Å²) in [5, 5.41) is 0. The Morgan fingerprint density at radius 3 is 1.23 bits per heavy atom. The van der Waals surface area contributed by atoms with E-state index in [1.807, 2.05) is 36.4 Å². The smallest absolute Gasteiger partial charge is 0.122 e. The average Bonchev–Trinajstić information content (AvgIpc) is 2.71. The van der Waals surface area contributed by atoms with E-state index < -0.39 is 0 Å². The van der Waals surface area contributed by atoms with Gasteiger partial charge in [0.1, 0.15) is 24.7 Å². The lowest BCUT2D eigenvalue weighted by molar-refractivity contribution is 0.282. The fourth-order valence-electron chi connectivity index (χ4n) is 3.02. The Balaban J connectivity index is 1.70. The summed E-state index contributed by atoms with van der Waals surface area (Å²) >= 11 is 0. The van der Waals surface area contributed by atoms with Crippen molar-refractivity contribution in [1.82, 2.24) is 0 Å². The largest absolute Gasteiger partial charge is 0.489 e. The van der Waals surface area contributed by atoms with Gasteiger partial charge in [-0.25, -0.2) is 0 Å². The van der Waals surface area contributed by atoms with E-state index in [9.17, 15) is 0 Å².